The number of amides is 1. The summed E-state index contributed by atoms with van der Waals surface area (Å²) in [6, 6.07) is 7.70. The van der Waals surface area contributed by atoms with Crippen LogP contribution >= 0.6 is 11.8 Å². The van der Waals surface area contributed by atoms with Crippen molar-refractivity contribution in [2.24, 2.45) is 0 Å². The summed E-state index contributed by atoms with van der Waals surface area (Å²) in [6.45, 7) is 4.04. The van der Waals surface area contributed by atoms with E-state index in [9.17, 15) is 9.90 Å². The van der Waals surface area contributed by atoms with Crippen molar-refractivity contribution in [3.63, 3.8) is 0 Å². The highest BCUT2D eigenvalue weighted by atomic mass is 32.2. The SMILES string of the molecule is CCc1ccc(C(CO)NC(=O)CC(C)SC)cc1. The molecule has 106 valence electrons. The predicted molar refractivity (Wildman–Crippen MR) is 81.4 cm³/mol. The molecule has 0 bridgehead atoms. The van der Waals surface area contributed by atoms with E-state index >= 15 is 0 Å². The van der Waals surface area contributed by atoms with Gasteiger partial charge in [0.1, 0.15) is 0 Å². The molecule has 0 heterocycles. The lowest BCUT2D eigenvalue weighted by Gasteiger charge is -2.18. The molecule has 0 saturated carbocycles. The third kappa shape index (κ3) is 5.25. The van der Waals surface area contributed by atoms with Gasteiger partial charge in [-0.25, -0.2) is 0 Å². The first-order chi connectivity index (χ1) is 9.10. The fourth-order valence-electron chi connectivity index (χ4n) is 1.82. The molecule has 19 heavy (non-hydrogen) atoms. The first kappa shape index (κ1) is 16.1. The van der Waals surface area contributed by atoms with Gasteiger partial charge in [0.15, 0.2) is 0 Å². The molecule has 0 radical (unpaired) electrons. The molecule has 0 aliphatic heterocycles. The van der Waals surface area contributed by atoms with Crippen molar-refractivity contribution in [1.82, 2.24) is 5.32 Å². The molecule has 0 fully saturated rings. The maximum absolute atomic E-state index is 11.8. The Morgan fingerprint density at radius 1 is 1.37 bits per heavy atom. The Morgan fingerprint density at radius 3 is 2.47 bits per heavy atom. The van der Waals surface area contributed by atoms with E-state index < -0.39 is 0 Å². The Morgan fingerprint density at radius 2 is 2.00 bits per heavy atom. The fraction of sp³-hybridized carbons (Fsp3) is 0.533. The molecule has 0 saturated heterocycles. The van der Waals surface area contributed by atoms with Crippen LogP contribution in [0.3, 0.4) is 0 Å². The quantitative estimate of drug-likeness (QED) is 0.807. The summed E-state index contributed by atoms with van der Waals surface area (Å²) in [7, 11) is 0. The highest BCUT2D eigenvalue weighted by molar-refractivity contribution is 7.99. The van der Waals surface area contributed by atoms with Gasteiger partial charge < -0.3 is 10.4 Å². The number of aliphatic hydroxyl groups excluding tert-OH is 1. The van der Waals surface area contributed by atoms with Crippen molar-refractivity contribution in [1.29, 1.82) is 0 Å². The number of aliphatic hydroxyl groups is 1. The normalized spacial score (nSPS) is 13.9. The first-order valence-corrected chi connectivity index (χ1v) is 7.91. The zero-order valence-corrected chi connectivity index (χ0v) is 12.7. The fourth-order valence-corrected chi connectivity index (χ4v) is 2.14. The van der Waals surface area contributed by atoms with Gasteiger partial charge in [0.25, 0.3) is 0 Å². The molecule has 1 aromatic carbocycles. The summed E-state index contributed by atoms with van der Waals surface area (Å²) >= 11 is 1.67. The van der Waals surface area contributed by atoms with Gasteiger partial charge in [0, 0.05) is 11.7 Å². The van der Waals surface area contributed by atoms with Crippen LogP contribution in [-0.2, 0) is 11.2 Å². The number of nitrogens with one attached hydrogen (secondary N) is 1. The summed E-state index contributed by atoms with van der Waals surface area (Å²) in [5.41, 5.74) is 2.20. The van der Waals surface area contributed by atoms with Crippen LogP contribution in [0.15, 0.2) is 24.3 Å². The molecule has 0 spiro atoms. The molecular formula is C15H23NO2S. The minimum absolute atomic E-state index is 0.0135. The van der Waals surface area contributed by atoms with E-state index in [2.05, 4.69) is 12.2 Å². The van der Waals surface area contributed by atoms with Gasteiger partial charge in [0.05, 0.1) is 12.6 Å². The van der Waals surface area contributed by atoms with Crippen molar-refractivity contribution < 1.29 is 9.90 Å². The Labute approximate surface area is 119 Å². The van der Waals surface area contributed by atoms with E-state index in [1.807, 2.05) is 37.4 Å². The van der Waals surface area contributed by atoms with E-state index in [1.165, 1.54) is 5.56 Å². The number of rotatable bonds is 7. The second-order valence-electron chi connectivity index (χ2n) is 4.65. The lowest BCUT2D eigenvalue weighted by molar-refractivity contribution is -0.122. The topological polar surface area (TPSA) is 49.3 Å². The second kappa shape index (κ2) is 8.23. The van der Waals surface area contributed by atoms with Gasteiger partial charge in [-0.05, 0) is 23.8 Å². The van der Waals surface area contributed by atoms with Crippen LogP contribution in [0.1, 0.15) is 37.4 Å². The maximum atomic E-state index is 11.8. The average molecular weight is 281 g/mol. The molecule has 2 unspecified atom stereocenters. The average Bonchev–Trinajstić information content (AvgIpc) is 2.44. The molecule has 1 rings (SSSR count). The van der Waals surface area contributed by atoms with E-state index in [4.69, 9.17) is 0 Å². The minimum atomic E-state index is -0.313. The largest absolute Gasteiger partial charge is 0.394 e. The smallest absolute Gasteiger partial charge is 0.221 e. The van der Waals surface area contributed by atoms with Crippen molar-refractivity contribution >= 4 is 17.7 Å². The van der Waals surface area contributed by atoms with Crippen LogP contribution < -0.4 is 5.32 Å². The predicted octanol–water partition coefficient (Wildman–Crippen LogP) is 2.54. The van der Waals surface area contributed by atoms with E-state index in [-0.39, 0.29) is 18.6 Å². The summed E-state index contributed by atoms with van der Waals surface area (Å²) < 4.78 is 0. The summed E-state index contributed by atoms with van der Waals surface area (Å²) in [5.74, 6) is -0.0135. The second-order valence-corrected chi connectivity index (χ2v) is 5.92. The van der Waals surface area contributed by atoms with Crippen LogP contribution in [0.4, 0.5) is 0 Å². The molecule has 2 atom stereocenters. The molecule has 1 aromatic rings. The lowest BCUT2D eigenvalue weighted by Crippen LogP contribution is -2.32. The van der Waals surface area contributed by atoms with Crippen LogP contribution in [0.5, 0.6) is 0 Å². The van der Waals surface area contributed by atoms with Gasteiger partial charge in [0.2, 0.25) is 5.91 Å². The summed E-state index contributed by atoms with van der Waals surface area (Å²) in [6.07, 6.45) is 3.46. The Hall–Kier alpha value is -1.00. The minimum Gasteiger partial charge on any atom is -0.394 e. The molecular weight excluding hydrogens is 258 g/mol. The van der Waals surface area contributed by atoms with Gasteiger partial charge >= 0.3 is 0 Å². The van der Waals surface area contributed by atoms with Crippen molar-refractivity contribution in [3.05, 3.63) is 35.4 Å². The molecule has 4 heteroatoms. The lowest BCUT2D eigenvalue weighted by atomic mass is 10.0. The zero-order chi connectivity index (χ0) is 14.3. The standard InChI is InChI=1S/C15H23NO2S/c1-4-12-5-7-13(8-6-12)14(10-17)16-15(18)9-11(2)19-3/h5-8,11,14,17H,4,9-10H2,1-3H3,(H,16,18). The first-order valence-electron chi connectivity index (χ1n) is 6.62. The highest BCUT2D eigenvalue weighted by Gasteiger charge is 2.15. The Balaban J connectivity index is 2.64. The molecule has 0 aliphatic rings. The van der Waals surface area contributed by atoms with Crippen molar-refractivity contribution in [2.75, 3.05) is 12.9 Å². The molecule has 1 amide bonds. The summed E-state index contributed by atoms with van der Waals surface area (Å²) in [4.78, 5) is 11.8. The van der Waals surface area contributed by atoms with E-state index in [0.717, 1.165) is 12.0 Å². The van der Waals surface area contributed by atoms with E-state index in [0.29, 0.717) is 11.7 Å². The third-order valence-electron chi connectivity index (χ3n) is 3.18. The van der Waals surface area contributed by atoms with Gasteiger partial charge in [-0.15, -0.1) is 0 Å². The molecule has 0 aromatic heterocycles. The number of hydrogen-bond donors (Lipinski definition) is 2. The summed E-state index contributed by atoms with van der Waals surface area (Å²) in [5, 5.41) is 12.6. The van der Waals surface area contributed by atoms with E-state index in [1.54, 1.807) is 11.8 Å². The van der Waals surface area contributed by atoms with Crippen LogP contribution in [-0.4, -0.2) is 29.1 Å². The highest BCUT2D eigenvalue weighted by Crippen LogP contribution is 2.15. The monoisotopic (exact) mass is 281 g/mol. The Kier molecular flexibility index (Phi) is 6.95. The third-order valence-corrected chi connectivity index (χ3v) is 4.15. The van der Waals surface area contributed by atoms with Crippen molar-refractivity contribution in [3.8, 4) is 0 Å². The number of hydrogen-bond acceptors (Lipinski definition) is 3. The van der Waals surface area contributed by atoms with Gasteiger partial charge in [-0.2, -0.15) is 11.8 Å². The van der Waals surface area contributed by atoms with Gasteiger partial charge in [-0.1, -0.05) is 38.1 Å². The van der Waals surface area contributed by atoms with Crippen LogP contribution in [0.2, 0.25) is 0 Å². The number of aryl methyl sites for hydroxylation is 1. The number of carbonyl (C=O) groups is 1. The molecule has 3 nitrogen and oxygen atoms in total. The number of benzene rings is 1. The van der Waals surface area contributed by atoms with Gasteiger partial charge in [-0.3, -0.25) is 4.79 Å². The van der Waals surface area contributed by atoms with Crippen LogP contribution in [0.25, 0.3) is 0 Å². The van der Waals surface area contributed by atoms with Crippen LogP contribution in [0, 0.1) is 0 Å². The molecule has 0 aliphatic carbocycles. The molecule has 2 N–H and O–H groups in total. The number of thioether (sulfide) groups is 1. The van der Waals surface area contributed by atoms with Crippen molar-refractivity contribution in [2.45, 2.75) is 38.0 Å². The maximum Gasteiger partial charge on any atom is 0.221 e. The number of carbonyl (C=O) groups excluding carboxylic acids is 1. The zero-order valence-electron chi connectivity index (χ0n) is 11.8. The Bertz CT molecular complexity index is 392.